The maximum atomic E-state index is 12.3. The lowest BCUT2D eigenvalue weighted by Gasteiger charge is -2.15. The molecule has 0 aliphatic carbocycles. The van der Waals surface area contributed by atoms with Crippen LogP contribution in [0.1, 0.15) is 35.7 Å². The Morgan fingerprint density at radius 1 is 1.00 bits per heavy atom. The van der Waals surface area contributed by atoms with Gasteiger partial charge in [0.1, 0.15) is 4.83 Å². The second-order valence-corrected chi connectivity index (χ2v) is 4.64. The highest BCUT2D eigenvalue weighted by Crippen LogP contribution is 2.39. The standard InChI is InChI=1S/C11H12BrF3/c1-7(2)8-3-5-9(6-4-8)10(12)11(13,14)15/h3-7,10H,1-2H3. The van der Waals surface area contributed by atoms with Gasteiger partial charge in [-0.05, 0) is 17.0 Å². The molecule has 15 heavy (non-hydrogen) atoms. The summed E-state index contributed by atoms with van der Waals surface area (Å²) < 4.78 is 37.0. The molecule has 1 aromatic carbocycles. The van der Waals surface area contributed by atoms with Crippen molar-refractivity contribution in [3.05, 3.63) is 35.4 Å². The molecule has 84 valence electrons. The monoisotopic (exact) mass is 280 g/mol. The zero-order chi connectivity index (χ0) is 11.6. The van der Waals surface area contributed by atoms with Gasteiger partial charge >= 0.3 is 6.18 Å². The molecule has 0 amide bonds. The molecule has 0 saturated heterocycles. The lowest BCUT2D eigenvalue weighted by atomic mass is 10.0. The molecule has 4 heteroatoms. The summed E-state index contributed by atoms with van der Waals surface area (Å²) in [4.78, 5) is -1.58. The second-order valence-electron chi connectivity index (χ2n) is 3.73. The molecule has 0 nitrogen and oxygen atoms in total. The zero-order valence-corrected chi connectivity index (χ0v) is 10.1. The van der Waals surface area contributed by atoms with Crippen LogP contribution in [0.3, 0.4) is 0 Å². The highest BCUT2D eigenvalue weighted by atomic mass is 79.9. The van der Waals surface area contributed by atoms with Gasteiger partial charge in [0.05, 0.1) is 0 Å². The number of rotatable bonds is 2. The number of alkyl halides is 4. The summed E-state index contributed by atoms with van der Waals surface area (Å²) in [5.41, 5.74) is 1.28. The van der Waals surface area contributed by atoms with E-state index >= 15 is 0 Å². The number of halogens is 4. The molecular formula is C11H12BrF3. The third-order valence-electron chi connectivity index (χ3n) is 2.18. The van der Waals surface area contributed by atoms with Crippen molar-refractivity contribution >= 4 is 15.9 Å². The zero-order valence-electron chi connectivity index (χ0n) is 8.48. The first-order chi connectivity index (χ1) is 6.82. The summed E-state index contributed by atoms with van der Waals surface area (Å²) in [6, 6.07) is 6.50. The van der Waals surface area contributed by atoms with Gasteiger partial charge in [0.25, 0.3) is 0 Å². The van der Waals surface area contributed by atoms with Gasteiger partial charge in [-0.3, -0.25) is 0 Å². The Labute approximate surface area is 95.6 Å². The van der Waals surface area contributed by atoms with Gasteiger partial charge in [-0.1, -0.05) is 54.0 Å². The van der Waals surface area contributed by atoms with E-state index in [-0.39, 0.29) is 5.56 Å². The van der Waals surface area contributed by atoms with Crippen molar-refractivity contribution < 1.29 is 13.2 Å². The molecule has 1 aromatic rings. The first-order valence-corrected chi connectivity index (χ1v) is 5.54. The van der Waals surface area contributed by atoms with E-state index in [0.29, 0.717) is 5.92 Å². The third-order valence-corrected chi connectivity index (χ3v) is 3.23. The Bertz CT molecular complexity index is 314. The summed E-state index contributed by atoms with van der Waals surface area (Å²) in [6.07, 6.45) is -4.24. The van der Waals surface area contributed by atoms with E-state index in [0.717, 1.165) is 5.56 Å². The Morgan fingerprint density at radius 3 is 1.73 bits per heavy atom. The van der Waals surface area contributed by atoms with Gasteiger partial charge in [0.2, 0.25) is 0 Å². The van der Waals surface area contributed by atoms with Gasteiger partial charge in [-0.15, -0.1) is 0 Å². The van der Waals surface area contributed by atoms with Crippen LogP contribution >= 0.6 is 15.9 Å². The van der Waals surface area contributed by atoms with Crippen molar-refractivity contribution in [3.63, 3.8) is 0 Å². The van der Waals surface area contributed by atoms with Crippen LogP contribution in [0.4, 0.5) is 13.2 Å². The fraction of sp³-hybridized carbons (Fsp3) is 0.455. The Morgan fingerprint density at radius 2 is 1.40 bits per heavy atom. The average Bonchev–Trinajstić information content (AvgIpc) is 2.15. The quantitative estimate of drug-likeness (QED) is 0.682. The first kappa shape index (κ1) is 12.6. The van der Waals surface area contributed by atoms with Crippen LogP contribution in [0.5, 0.6) is 0 Å². The van der Waals surface area contributed by atoms with Crippen molar-refractivity contribution in [3.8, 4) is 0 Å². The topological polar surface area (TPSA) is 0 Å². The Balaban J connectivity index is 2.89. The summed E-state index contributed by atoms with van der Waals surface area (Å²) in [7, 11) is 0. The summed E-state index contributed by atoms with van der Waals surface area (Å²) in [5.74, 6) is 0.332. The minimum atomic E-state index is -4.24. The third kappa shape index (κ3) is 3.23. The van der Waals surface area contributed by atoms with E-state index < -0.39 is 11.0 Å². The molecule has 1 rings (SSSR count). The van der Waals surface area contributed by atoms with Crippen LogP contribution in [-0.2, 0) is 0 Å². The second kappa shape index (κ2) is 4.56. The van der Waals surface area contributed by atoms with Gasteiger partial charge < -0.3 is 0 Å². The lowest BCUT2D eigenvalue weighted by Crippen LogP contribution is -2.15. The Kier molecular flexibility index (Phi) is 3.82. The predicted molar refractivity (Wildman–Crippen MR) is 58.3 cm³/mol. The SMILES string of the molecule is CC(C)c1ccc(C(Br)C(F)(F)F)cc1. The van der Waals surface area contributed by atoms with Crippen molar-refractivity contribution in [2.24, 2.45) is 0 Å². The molecule has 0 fully saturated rings. The van der Waals surface area contributed by atoms with Gasteiger partial charge in [-0.2, -0.15) is 13.2 Å². The van der Waals surface area contributed by atoms with Crippen LogP contribution in [0.2, 0.25) is 0 Å². The summed E-state index contributed by atoms with van der Waals surface area (Å²) in [5, 5.41) is 0. The van der Waals surface area contributed by atoms with E-state index in [1.54, 1.807) is 12.1 Å². The fourth-order valence-corrected chi connectivity index (χ4v) is 1.54. The minimum absolute atomic E-state index is 0.243. The lowest BCUT2D eigenvalue weighted by molar-refractivity contribution is -0.128. The molecule has 0 aliphatic rings. The molecule has 0 spiro atoms. The number of hydrogen-bond donors (Lipinski definition) is 0. The maximum absolute atomic E-state index is 12.3. The Hall–Kier alpha value is -0.510. The molecule has 0 heterocycles. The van der Waals surface area contributed by atoms with Crippen LogP contribution in [0.25, 0.3) is 0 Å². The van der Waals surface area contributed by atoms with Crippen molar-refractivity contribution in [1.82, 2.24) is 0 Å². The first-order valence-electron chi connectivity index (χ1n) is 4.63. The highest BCUT2D eigenvalue weighted by Gasteiger charge is 2.38. The molecule has 0 N–H and O–H groups in total. The predicted octanol–water partition coefficient (Wildman–Crippen LogP) is 4.81. The van der Waals surface area contributed by atoms with E-state index in [9.17, 15) is 13.2 Å². The molecule has 0 aromatic heterocycles. The van der Waals surface area contributed by atoms with Crippen molar-refractivity contribution in [2.75, 3.05) is 0 Å². The van der Waals surface area contributed by atoms with Gasteiger partial charge in [0.15, 0.2) is 0 Å². The van der Waals surface area contributed by atoms with E-state index in [4.69, 9.17) is 0 Å². The highest BCUT2D eigenvalue weighted by molar-refractivity contribution is 9.09. The summed E-state index contributed by atoms with van der Waals surface area (Å²) >= 11 is 2.64. The van der Waals surface area contributed by atoms with Crippen LogP contribution in [-0.4, -0.2) is 6.18 Å². The smallest absolute Gasteiger partial charge is 0.169 e. The van der Waals surface area contributed by atoms with E-state index in [1.165, 1.54) is 12.1 Å². The molecule has 0 radical (unpaired) electrons. The van der Waals surface area contributed by atoms with Gasteiger partial charge in [-0.25, -0.2) is 0 Å². The molecule has 0 aliphatic heterocycles. The average molecular weight is 281 g/mol. The fourth-order valence-electron chi connectivity index (χ4n) is 1.24. The molecule has 0 bridgehead atoms. The van der Waals surface area contributed by atoms with Gasteiger partial charge in [0, 0.05) is 0 Å². The van der Waals surface area contributed by atoms with Crippen molar-refractivity contribution in [2.45, 2.75) is 30.8 Å². The van der Waals surface area contributed by atoms with Crippen LogP contribution in [0, 0.1) is 0 Å². The van der Waals surface area contributed by atoms with Crippen molar-refractivity contribution in [1.29, 1.82) is 0 Å². The number of hydrogen-bond acceptors (Lipinski definition) is 0. The van der Waals surface area contributed by atoms with Crippen LogP contribution in [0.15, 0.2) is 24.3 Å². The normalized spacial score (nSPS) is 14.3. The number of benzene rings is 1. The molecule has 0 saturated carbocycles. The van der Waals surface area contributed by atoms with Crippen LogP contribution < -0.4 is 0 Å². The molecule has 1 atom stereocenters. The molecule has 1 unspecified atom stereocenters. The maximum Gasteiger partial charge on any atom is 0.405 e. The van der Waals surface area contributed by atoms with E-state index in [2.05, 4.69) is 15.9 Å². The van der Waals surface area contributed by atoms with E-state index in [1.807, 2.05) is 13.8 Å². The largest absolute Gasteiger partial charge is 0.405 e. The molecular weight excluding hydrogens is 269 g/mol. The summed E-state index contributed by atoms with van der Waals surface area (Å²) in [6.45, 7) is 4.01. The minimum Gasteiger partial charge on any atom is -0.169 e.